The van der Waals surface area contributed by atoms with E-state index in [0.717, 1.165) is 18.5 Å². The van der Waals surface area contributed by atoms with E-state index in [-0.39, 0.29) is 5.69 Å². The molecule has 1 fully saturated rings. The summed E-state index contributed by atoms with van der Waals surface area (Å²) in [6.07, 6.45) is 3.37. The van der Waals surface area contributed by atoms with Crippen LogP contribution < -0.4 is 4.90 Å². The fourth-order valence-electron chi connectivity index (χ4n) is 2.85. The number of nitro benzene ring substituents is 1. The first-order valence-corrected chi connectivity index (χ1v) is 6.51. The van der Waals surface area contributed by atoms with E-state index < -0.39 is 4.92 Å². The second kappa shape index (κ2) is 5.27. The lowest BCUT2D eigenvalue weighted by Crippen LogP contribution is -2.44. The van der Waals surface area contributed by atoms with Gasteiger partial charge in [0.05, 0.1) is 16.2 Å². The topological polar surface area (TPSA) is 70.2 Å². The average Bonchev–Trinajstić information content (AvgIpc) is 2.38. The molecule has 1 aliphatic rings. The van der Waals surface area contributed by atoms with Crippen LogP contribution in [0.4, 0.5) is 11.4 Å². The molecule has 1 aliphatic heterocycles. The zero-order chi connectivity index (χ0) is 14.0. The van der Waals surface area contributed by atoms with Gasteiger partial charge in [-0.2, -0.15) is 5.26 Å². The number of rotatable bonds is 2. The summed E-state index contributed by atoms with van der Waals surface area (Å²) in [6, 6.07) is 7.34. The second-order valence-electron chi connectivity index (χ2n) is 5.11. The standard InChI is InChI=1S/C14H17N3O2/c1-10-4-3-5-11(2)16(10)14-7-6-13(17(18)19)8-12(14)9-15/h6-8,10-11H,3-5H2,1-2H3. The van der Waals surface area contributed by atoms with Crippen LogP contribution in [-0.4, -0.2) is 17.0 Å². The summed E-state index contributed by atoms with van der Waals surface area (Å²) in [5.74, 6) is 0. The summed E-state index contributed by atoms with van der Waals surface area (Å²) in [4.78, 5) is 12.5. The summed E-state index contributed by atoms with van der Waals surface area (Å²) in [6.45, 7) is 4.27. The lowest BCUT2D eigenvalue weighted by Gasteiger charge is -2.41. The molecule has 0 spiro atoms. The fourth-order valence-corrected chi connectivity index (χ4v) is 2.85. The van der Waals surface area contributed by atoms with E-state index in [1.165, 1.54) is 18.6 Å². The molecule has 0 amide bonds. The van der Waals surface area contributed by atoms with Gasteiger partial charge in [-0.05, 0) is 39.2 Å². The highest BCUT2D eigenvalue weighted by molar-refractivity contribution is 5.64. The van der Waals surface area contributed by atoms with E-state index in [4.69, 9.17) is 0 Å². The monoisotopic (exact) mass is 259 g/mol. The number of nitriles is 1. The van der Waals surface area contributed by atoms with Crippen LogP contribution in [0.15, 0.2) is 18.2 Å². The largest absolute Gasteiger partial charge is 0.365 e. The van der Waals surface area contributed by atoms with Gasteiger partial charge in [-0.3, -0.25) is 10.1 Å². The lowest BCUT2D eigenvalue weighted by molar-refractivity contribution is -0.384. The predicted molar refractivity (Wildman–Crippen MR) is 73.1 cm³/mol. The smallest absolute Gasteiger partial charge is 0.270 e. The molecule has 1 aromatic carbocycles. The van der Waals surface area contributed by atoms with Crippen molar-refractivity contribution < 1.29 is 4.92 Å². The zero-order valence-electron chi connectivity index (χ0n) is 11.2. The molecule has 100 valence electrons. The molecule has 1 saturated heterocycles. The maximum absolute atomic E-state index is 10.8. The van der Waals surface area contributed by atoms with E-state index >= 15 is 0 Å². The Bertz CT molecular complexity index is 526. The fraction of sp³-hybridized carbons (Fsp3) is 0.500. The Balaban J connectivity index is 2.44. The first kappa shape index (κ1) is 13.3. The molecule has 1 heterocycles. The molecule has 0 aliphatic carbocycles. The third-order valence-corrected chi connectivity index (χ3v) is 3.78. The van der Waals surface area contributed by atoms with Crippen LogP contribution in [0, 0.1) is 21.4 Å². The number of nitro groups is 1. The predicted octanol–water partition coefficient (Wildman–Crippen LogP) is 3.23. The summed E-state index contributed by atoms with van der Waals surface area (Å²) >= 11 is 0. The first-order valence-electron chi connectivity index (χ1n) is 6.51. The quantitative estimate of drug-likeness (QED) is 0.604. The van der Waals surface area contributed by atoms with Crippen molar-refractivity contribution in [2.75, 3.05) is 4.90 Å². The van der Waals surface area contributed by atoms with Crippen LogP contribution >= 0.6 is 0 Å². The molecule has 5 nitrogen and oxygen atoms in total. The van der Waals surface area contributed by atoms with E-state index in [9.17, 15) is 15.4 Å². The molecule has 2 rings (SSSR count). The third-order valence-electron chi connectivity index (χ3n) is 3.78. The van der Waals surface area contributed by atoms with Crippen molar-refractivity contribution in [2.24, 2.45) is 0 Å². The van der Waals surface area contributed by atoms with Crippen molar-refractivity contribution in [3.05, 3.63) is 33.9 Å². The number of hydrogen-bond acceptors (Lipinski definition) is 4. The van der Waals surface area contributed by atoms with Crippen molar-refractivity contribution in [3.8, 4) is 6.07 Å². The Kier molecular flexibility index (Phi) is 3.70. The number of piperidine rings is 1. The molecular formula is C14H17N3O2. The average molecular weight is 259 g/mol. The second-order valence-corrected chi connectivity index (χ2v) is 5.11. The van der Waals surface area contributed by atoms with Gasteiger partial charge in [-0.15, -0.1) is 0 Å². The van der Waals surface area contributed by atoms with Crippen LogP contribution in [0.1, 0.15) is 38.7 Å². The number of anilines is 1. The Hall–Kier alpha value is -2.09. The van der Waals surface area contributed by atoms with Gasteiger partial charge in [0, 0.05) is 24.2 Å². The molecular weight excluding hydrogens is 242 g/mol. The van der Waals surface area contributed by atoms with E-state index in [2.05, 4.69) is 24.8 Å². The van der Waals surface area contributed by atoms with Gasteiger partial charge >= 0.3 is 0 Å². The Morgan fingerprint density at radius 3 is 2.53 bits per heavy atom. The van der Waals surface area contributed by atoms with Gasteiger partial charge in [-0.1, -0.05) is 0 Å². The minimum atomic E-state index is -0.465. The molecule has 19 heavy (non-hydrogen) atoms. The summed E-state index contributed by atoms with van der Waals surface area (Å²) < 4.78 is 0. The third kappa shape index (κ3) is 2.53. The van der Waals surface area contributed by atoms with Gasteiger partial charge in [0.15, 0.2) is 0 Å². The Morgan fingerprint density at radius 1 is 1.37 bits per heavy atom. The van der Waals surface area contributed by atoms with Crippen LogP contribution in [-0.2, 0) is 0 Å². The number of non-ortho nitro benzene ring substituents is 1. The molecule has 2 unspecified atom stereocenters. The summed E-state index contributed by atoms with van der Waals surface area (Å²) in [5, 5.41) is 20.0. The lowest BCUT2D eigenvalue weighted by atomic mass is 9.95. The van der Waals surface area contributed by atoms with Crippen molar-refractivity contribution in [3.63, 3.8) is 0 Å². The molecule has 5 heteroatoms. The van der Waals surface area contributed by atoms with Gasteiger partial charge in [0.1, 0.15) is 6.07 Å². The minimum Gasteiger partial charge on any atom is -0.365 e. The number of hydrogen-bond donors (Lipinski definition) is 0. The summed E-state index contributed by atoms with van der Waals surface area (Å²) in [7, 11) is 0. The van der Waals surface area contributed by atoms with Crippen LogP contribution in [0.2, 0.25) is 0 Å². The summed E-state index contributed by atoms with van der Waals surface area (Å²) in [5.41, 5.74) is 1.17. The molecule has 0 N–H and O–H groups in total. The van der Waals surface area contributed by atoms with E-state index in [1.807, 2.05) is 0 Å². The van der Waals surface area contributed by atoms with E-state index in [0.29, 0.717) is 17.6 Å². The van der Waals surface area contributed by atoms with Crippen LogP contribution in [0.5, 0.6) is 0 Å². The molecule has 0 radical (unpaired) electrons. The van der Waals surface area contributed by atoms with Crippen LogP contribution in [0.25, 0.3) is 0 Å². The van der Waals surface area contributed by atoms with Crippen molar-refractivity contribution in [2.45, 2.75) is 45.2 Å². The molecule has 2 atom stereocenters. The highest BCUT2D eigenvalue weighted by atomic mass is 16.6. The highest BCUT2D eigenvalue weighted by Crippen LogP contribution is 2.33. The molecule has 1 aromatic rings. The Morgan fingerprint density at radius 2 is 2.00 bits per heavy atom. The molecule has 0 bridgehead atoms. The van der Waals surface area contributed by atoms with Crippen molar-refractivity contribution >= 4 is 11.4 Å². The maximum Gasteiger partial charge on any atom is 0.270 e. The van der Waals surface area contributed by atoms with Crippen molar-refractivity contribution in [1.29, 1.82) is 5.26 Å². The van der Waals surface area contributed by atoms with Gasteiger partial charge < -0.3 is 4.90 Å². The van der Waals surface area contributed by atoms with Crippen molar-refractivity contribution in [1.82, 2.24) is 0 Å². The number of benzene rings is 1. The van der Waals surface area contributed by atoms with Crippen LogP contribution in [0.3, 0.4) is 0 Å². The number of nitrogens with zero attached hydrogens (tertiary/aromatic N) is 3. The normalized spacial score (nSPS) is 22.9. The molecule has 0 saturated carbocycles. The zero-order valence-corrected chi connectivity index (χ0v) is 11.2. The van der Waals surface area contributed by atoms with Gasteiger partial charge in [0.2, 0.25) is 0 Å². The first-order chi connectivity index (χ1) is 9.04. The molecule has 0 aromatic heterocycles. The Labute approximate surface area is 112 Å². The maximum atomic E-state index is 10.8. The minimum absolute atomic E-state index is 0.0300. The van der Waals surface area contributed by atoms with Gasteiger partial charge in [0.25, 0.3) is 5.69 Å². The SMILES string of the molecule is CC1CCCC(C)N1c1ccc([N+](=O)[O-])cc1C#N. The van der Waals surface area contributed by atoms with Gasteiger partial charge in [-0.25, -0.2) is 0 Å². The van der Waals surface area contributed by atoms with E-state index in [1.54, 1.807) is 6.07 Å². The highest BCUT2D eigenvalue weighted by Gasteiger charge is 2.27.